The van der Waals surface area contributed by atoms with Crippen molar-refractivity contribution < 1.29 is 0 Å². The van der Waals surface area contributed by atoms with Crippen molar-refractivity contribution in [2.24, 2.45) is 0 Å². The Hall–Kier alpha value is -7.56. The molecule has 0 unspecified atom stereocenters. The number of hydrogen-bond acceptors (Lipinski definition) is 2. The molecule has 0 bridgehead atoms. The van der Waals surface area contributed by atoms with E-state index in [-0.39, 0.29) is 0 Å². The predicted molar refractivity (Wildman–Crippen MR) is 242 cm³/mol. The van der Waals surface area contributed by atoms with Gasteiger partial charge in [0, 0.05) is 49.5 Å². The molecular weight excluding hydrogens is 705 g/mol. The molecule has 0 fully saturated rings. The molecule has 0 aliphatic rings. The lowest BCUT2D eigenvalue weighted by molar-refractivity contribution is 1.12. The van der Waals surface area contributed by atoms with Gasteiger partial charge in [0.1, 0.15) is 0 Å². The van der Waals surface area contributed by atoms with Crippen LogP contribution in [0.1, 0.15) is 11.1 Å². The zero-order valence-electron chi connectivity index (χ0n) is 32.3. The summed E-state index contributed by atoms with van der Waals surface area (Å²) in [5, 5.41) is 4.93. The van der Waals surface area contributed by atoms with Crippen LogP contribution in [-0.4, -0.2) is 19.1 Å². The summed E-state index contributed by atoms with van der Waals surface area (Å²) in [6.45, 7) is 4.44. The number of hydrogen-bond donors (Lipinski definition) is 0. The maximum atomic E-state index is 5.14. The summed E-state index contributed by atoms with van der Waals surface area (Å²) in [6.07, 6.45) is 0. The summed E-state index contributed by atoms with van der Waals surface area (Å²) in [5.74, 6) is 0.708. The van der Waals surface area contributed by atoms with Crippen molar-refractivity contribution in [1.82, 2.24) is 19.1 Å². The summed E-state index contributed by atoms with van der Waals surface area (Å²) in [7, 11) is 0. The molecule has 4 nitrogen and oxygen atoms in total. The quantitative estimate of drug-likeness (QED) is 0.170. The first-order valence-corrected chi connectivity index (χ1v) is 19.8. The highest BCUT2D eigenvalue weighted by Gasteiger charge is 2.22. The third-order valence-corrected chi connectivity index (χ3v) is 11.6. The molecule has 0 amide bonds. The molecule has 0 atom stereocenters. The average Bonchev–Trinajstić information content (AvgIpc) is 3.79. The van der Waals surface area contributed by atoms with Crippen LogP contribution in [0.15, 0.2) is 194 Å². The fourth-order valence-electron chi connectivity index (χ4n) is 8.91. The Labute approximate surface area is 337 Å². The molecule has 3 heterocycles. The molecule has 0 N–H and O–H groups in total. The van der Waals surface area contributed by atoms with Gasteiger partial charge in [0.05, 0.1) is 39.1 Å². The molecule has 8 aromatic carbocycles. The SMILES string of the molecule is Cc1cccc(C)c1-n1c2ccccc2c2cc(-n3c4ccccc4c4ccccc43)cc(-c3ccc(-c4cc(-c5ccccc5)nc(-c5ccccc5)n4)cc3)c21. The zero-order chi connectivity index (χ0) is 38.7. The summed E-state index contributed by atoms with van der Waals surface area (Å²) in [4.78, 5) is 10.2. The number of aryl methyl sites for hydroxylation is 2. The van der Waals surface area contributed by atoms with Crippen molar-refractivity contribution in [3.63, 3.8) is 0 Å². The number of aromatic nitrogens is 4. The van der Waals surface area contributed by atoms with Gasteiger partial charge in [-0.05, 0) is 66.9 Å². The lowest BCUT2D eigenvalue weighted by Crippen LogP contribution is -2.02. The van der Waals surface area contributed by atoms with E-state index in [0.717, 1.165) is 44.9 Å². The van der Waals surface area contributed by atoms with Crippen LogP contribution in [0.3, 0.4) is 0 Å². The number of nitrogens with zero attached hydrogens (tertiary/aromatic N) is 4. The molecule has 3 aromatic heterocycles. The second-order valence-corrected chi connectivity index (χ2v) is 15.1. The normalized spacial score (nSPS) is 11.6. The van der Waals surface area contributed by atoms with E-state index < -0.39 is 0 Å². The van der Waals surface area contributed by atoms with Crippen molar-refractivity contribution in [2.45, 2.75) is 13.8 Å². The van der Waals surface area contributed by atoms with Gasteiger partial charge < -0.3 is 9.13 Å². The molecule has 0 aliphatic heterocycles. The van der Waals surface area contributed by atoms with Crippen molar-refractivity contribution in [1.29, 1.82) is 0 Å². The predicted octanol–water partition coefficient (Wildman–Crippen LogP) is 14.0. The standard InChI is InChI=1S/C54H38N4/c1-35-16-15-17-36(2)52(35)58-51-27-14-11-24-44(51)46-33-41(57-49-25-12-9-22-42(49)43-23-10-13-26-50(43)57)32-45(53(46)58)37-28-30-39(31-29-37)48-34-47(38-18-5-3-6-19-38)55-54(56-48)40-20-7-4-8-21-40/h3-34H,1-2H3. The summed E-state index contributed by atoms with van der Waals surface area (Å²) < 4.78 is 4.93. The first kappa shape index (κ1) is 33.8. The summed E-state index contributed by atoms with van der Waals surface area (Å²) in [5.41, 5.74) is 16.7. The van der Waals surface area contributed by atoms with E-state index in [1.807, 2.05) is 24.3 Å². The molecule has 0 spiro atoms. The molecule has 274 valence electrons. The lowest BCUT2D eigenvalue weighted by Gasteiger charge is -2.18. The van der Waals surface area contributed by atoms with E-state index in [4.69, 9.17) is 9.97 Å². The van der Waals surface area contributed by atoms with Crippen molar-refractivity contribution >= 4 is 43.6 Å². The Morgan fingerprint density at radius 3 is 1.41 bits per heavy atom. The van der Waals surface area contributed by atoms with Crippen molar-refractivity contribution in [2.75, 3.05) is 0 Å². The Morgan fingerprint density at radius 1 is 0.362 bits per heavy atom. The molecular formula is C54H38N4. The minimum Gasteiger partial charge on any atom is -0.309 e. The van der Waals surface area contributed by atoms with Crippen LogP contribution in [0.4, 0.5) is 0 Å². The maximum absolute atomic E-state index is 5.14. The Balaban J connectivity index is 1.18. The smallest absolute Gasteiger partial charge is 0.160 e. The fraction of sp³-hybridized carbons (Fsp3) is 0.0370. The third kappa shape index (κ3) is 5.45. The van der Waals surface area contributed by atoms with Gasteiger partial charge in [-0.1, -0.05) is 158 Å². The monoisotopic (exact) mass is 742 g/mol. The molecule has 0 radical (unpaired) electrons. The second-order valence-electron chi connectivity index (χ2n) is 15.1. The van der Waals surface area contributed by atoms with Crippen molar-refractivity contribution in [3.05, 3.63) is 205 Å². The van der Waals surface area contributed by atoms with E-state index in [2.05, 4.69) is 193 Å². The van der Waals surface area contributed by atoms with Gasteiger partial charge in [0.25, 0.3) is 0 Å². The van der Waals surface area contributed by atoms with Gasteiger partial charge in [0.15, 0.2) is 5.82 Å². The number of fused-ring (bicyclic) bond motifs is 6. The van der Waals surface area contributed by atoms with Gasteiger partial charge in [-0.2, -0.15) is 0 Å². The topological polar surface area (TPSA) is 35.6 Å². The average molecular weight is 743 g/mol. The molecule has 0 saturated carbocycles. The van der Waals surface area contributed by atoms with Gasteiger partial charge in [-0.25, -0.2) is 9.97 Å². The zero-order valence-corrected chi connectivity index (χ0v) is 32.3. The lowest BCUT2D eigenvalue weighted by atomic mass is 9.98. The van der Waals surface area contributed by atoms with Crippen LogP contribution in [0.25, 0.3) is 100 Å². The first-order valence-electron chi connectivity index (χ1n) is 19.8. The molecule has 0 saturated heterocycles. The molecule has 11 rings (SSSR count). The van der Waals surface area contributed by atoms with Gasteiger partial charge in [-0.3, -0.25) is 0 Å². The Bertz CT molecular complexity index is 3210. The Kier molecular flexibility index (Phi) is 7.90. The van der Waals surface area contributed by atoms with E-state index >= 15 is 0 Å². The first-order chi connectivity index (χ1) is 28.6. The Morgan fingerprint density at radius 2 is 0.828 bits per heavy atom. The van der Waals surface area contributed by atoms with E-state index in [1.54, 1.807) is 0 Å². The van der Waals surface area contributed by atoms with Crippen LogP contribution in [-0.2, 0) is 0 Å². The van der Waals surface area contributed by atoms with Crippen LogP contribution < -0.4 is 0 Å². The highest BCUT2D eigenvalue weighted by atomic mass is 15.0. The van der Waals surface area contributed by atoms with Crippen LogP contribution in [0.5, 0.6) is 0 Å². The second kappa shape index (κ2) is 13.6. The summed E-state index contributed by atoms with van der Waals surface area (Å²) in [6, 6.07) is 69.4. The molecule has 0 aliphatic carbocycles. The van der Waals surface area contributed by atoms with Crippen LogP contribution in [0.2, 0.25) is 0 Å². The fourth-order valence-corrected chi connectivity index (χ4v) is 8.91. The molecule has 4 heteroatoms. The largest absolute Gasteiger partial charge is 0.309 e. The van der Waals surface area contributed by atoms with Gasteiger partial charge >= 0.3 is 0 Å². The van der Waals surface area contributed by atoms with E-state index in [0.29, 0.717) is 5.82 Å². The maximum Gasteiger partial charge on any atom is 0.160 e. The number of para-hydroxylation sites is 4. The number of rotatable bonds is 6. The van der Waals surface area contributed by atoms with Gasteiger partial charge in [-0.15, -0.1) is 0 Å². The molecule has 11 aromatic rings. The van der Waals surface area contributed by atoms with E-state index in [1.165, 1.54) is 60.4 Å². The minimum absolute atomic E-state index is 0.708. The highest BCUT2D eigenvalue weighted by molar-refractivity contribution is 6.16. The van der Waals surface area contributed by atoms with Crippen LogP contribution >= 0.6 is 0 Å². The number of benzene rings is 8. The summed E-state index contributed by atoms with van der Waals surface area (Å²) >= 11 is 0. The highest BCUT2D eigenvalue weighted by Crippen LogP contribution is 2.43. The van der Waals surface area contributed by atoms with E-state index in [9.17, 15) is 0 Å². The van der Waals surface area contributed by atoms with Crippen LogP contribution in [0, 0.1) is 13.8 Å². The molecule has 58 heavy (non-hydrogen) atoms. The minimum atomic E-state index is 0.708. The van der Waals surface area contributed by atoms with Gasteiger partial charge in [0.2, 0.25) is 0 Å². The third-order valence-electron chi connectivity index (χ3n) is 11.6. The van der Waals surface area contributed by atoms with Crippen molar-refractivity contribution in [3.8, 4) is 56.4 Å².